The molecular formula is C11H9F2NO2S. The van der Waals surface area contributed by atoms with Crippen molar-refractivity contribution in [1.82, 2.24) is 0 Å². The molecule has 0 bridgehead atoms. The average Bonchev–Trinajstić information content (AvgIpc) is 2.28. The fourth-order valence-electron chi connectivity index (χ4n) is 1.27. The molecule has 0 saturated carbocycles. The monoisotopic (exact) mass is 257 g/mol. The molecule has 0 unspecified atom stereocenters. The zero-order valence-corrected chi connectivity index (χ0v) is 9.80. The van der Waals surface area contributed by atoms with Crippen LogP contribution in [0.15, 0.2) is 17.0 Å². The summed E-state index contributed by atoms with van der Waals surface area (Å²) in [6, 6.07) is 3.84. The van der Waals surface area contributed by atoms with Crippen LogP contribution in [0.2, 0.25) is 0 Å². The molecule has 0 aliphatic carbocycles. The summed E-state index contributed by atoms with van der Waals surface area (Å²) in [6.07, 6.45) is -2.84. The van der Waals surface area contributed by atoms with Crippen molar-refractivity contribution in [2.24, 2.45) is 0 Å². The standard InChI is InChI=1S/C11H9F2NO2S/c1-2-16-11(15)6-3-7(10(12)13)8(5-14)9(17)4-6/h3-4,10,17H,2H2,1H3. The normalized spacial score (nSPS) is 10.1. The molecule has 3 nitrogen and oxygen atoms in total. The van der Waals surface area contributed by atoms with Crippen molar-refractivity contribution in [2.75, 3.05) is 6.61 Å². The molecule has 0 N–H and O–H groups in total. The number of rotatable bonds is 3. The maximum Gasteiger partial charge on any atom is 0.338 e. The quantitative estimate of drug-likeness (QED) is 0.669. The molecule has 6 heteroatoms. The van der Waals surface area contributed by atoms with Crippen molar-refractivity contribution in [3.63, 3.8) is 0 Å². The highest BCUT2D eigenvalue weighted by atomic mass is 32.1. The predicted octanol–water partition coefficient (Wildman–Crippen LogP) is 2.96. The second-order valence-electron chi connectivity index (χ2n) is 3.09. The number of carbonyl (C=O) groups is 1. The first-order valence-electron chi connectivity index (χ1n) is 4.73. The summed E-state index contributed by atoms with van der Waals surface area (Å²) in [4.78, 5) is 11.4. The minimum Gasteiger partial charge on any atom is -0.462 e. The van der Waals surface area contributed by atoms with Gasteiger partial charge in [-0.1, -0.05) is 0 Å². The largest absolute Gasteiger partial charge is 0.462 e. The molecular weight excluding hydrogens is 248 g/mol. The van der Waals surface area contributed by atoms with Crippen LogP contribution >= 0.6 is 12.6 Å². The summed E-state index contributed by atoms with van der Waals surface area (Å²) < 4.78 is 30.1. The maximum absolute atomic E-state index is 12.7. The molecule has 0 fully saturated rings. The Balaban J connectivity index is 3.30. The molecule has 0 amide bonds. The number of carbonyl (C=O) groups excluding carboxylic acids is 1. The third-order valence-electron chi connectivity index (χ3n) is 2.01. The van der Waals surface area contributed by atoms with Crippen molar-refractivity contribution < 1.29 is 18.3 Å². The van der Waals surface area contributed by atoms with E-state index in [2.05, 4.69) is 12.6 Å². The second kappa shape index (κ2) is 5.64. The van der Waals surface area contributed by atoms with Crippen LogP contribution in [0.5, 0.6) is 0 Å². The minimum absolute atomic E-state index is 0.0355. The van der Waals surface area contributed by atoms with E-state index >= 15 is 0 Å². The van der Waals surface area contributed by atoms with Gasteiger partial charge in [0.2, 0.25) is 0 Å². The molecule has 0 aromatic heterocycles. The van der Waals surface area contributed by atoms with Gasteiger partial charge in [-0.25, -0.2) is 13.6 Å². The van der Waals surface area contributed by atoms with Gasteiger partial charge in [0, 0.05) is 10.5 Å². The molecule has 0 saturated heterocycles. The van der Waals surface area contributed by atoms with E-state index in [-0.39, 0.29) is 22.6 Å². The summed E-state index contributed by atoms with van der Waals surface area (Å²) in [5.74, 6) is -0.714. The highest BCUT2D eigenvalue weighted by Gasteiger charge is 2.19. The Morgan fingerprint density at radius 1 is 1.59 bits per heavy atom. The van der Waals surface area contributed by atoms with E-state index in [1.807, 2.05) is 0 Å². The lowest BCUT2D eigenvalue weighted by atomic mass is 10.0. The molecule has 0 spiro atoms. The van der Waals surface area contributed by atoms with Gasteiger partial charge in [0.05, 0.1) is 17.7 Å². The molecule has 0 aliphatic heterocycles. The summed E-state index contributed by atoms with van der Waals surface area (Å²) in [5.41, 5.74) is -0.773. The fourth-order valence-corrected chi connectivity index (χ4v) is 1.59. The number of halogens is 2. The number of alkyl halides is 2. The highest BCUT2D eigenvalue weighted by molar-refractivity contribution is 7.80. The fraction of sp³-hybridized carbons (Fsp3) is 0.273. The topological polar surface area (TPSA) is 50.1 Å². The number of hydrogen-bond donors (Lipinski definition) is 1. The number of nitrogens with zero attached hydrogens (tertiary/aromatic N) is 1. The molecule has 90 valence electrons. The smallest absolute Gasteiger partial charge is 0.338 e. The minimum atomic E-state index is -2.84. The number of ether oxygens (including phenoxy) is 1. The van der Waals surface area contributed by atoms with Gasteiger partial charge in [-0.2, -0.15) is 5.26 Å². The van der Waals surface area contributed by atoms with Gasteiger partial charge >= 0.3 is 5.97 Å². The van der Waals surface area contributed by atoms with Gasteiger partial charge in [0.25, 0.3) is 6.43 Å². The lowest BCUT2D eigenvalue weighted by Gasteiger charge is -2.08. The first-order valence-corrected chi connectivity index (χ1v) is 5.18. The van der Waals surface area contributed by atoms with Gasteiger partial charge in [-0.15, -0.1) is 12.6 Å². The Hall–Kier alpha value is -1.61. The summed E-state index contributed by atoms with van der Waals surface area (Å²) in [6.45, 7) is 1.75. The van der Waals surface area contributed by atoms with Crippen LogP contribution in [0.1, 0.15) is 34.8 Å². The highest BCUT2D eigenvalue weighted by Crippen LogP contribution is 2.28. The van der Waals surface area contributed by atoms with Crippen molar-refractivity contribution in [3.05, 3.63) is 28.8 Å². The van der Waals surface area contributed by atoms with Crippen LogP contribution in [0.25, 0.3) is 0 Å². The Morgan fingerprint density at radius 3 is 2.71 bits per heavy atom. The van der Waals surface area contributed by atoms with Crippen LogP contribution < -0.4 is 0 Å². The van der Waals surface area contributed by atoms with Gasteiger partial charge in [0.15, 0.2) is 0 Å². The van der Waals surface area contributed by atoms with E-state index in [4.69, 9.17) is 10.00 Å². The van der Waals surface area contributed by atoms with Gasteiger partial charge in [0.1, 0.15) is 6.07 Å². The van der Waals surface area contributed by atoms with E-state index in [9.17, 15) is 13.6 Å². The van der Waals surface area contributed by atoms with E-state index in [0.717, 1.165) is 6.07 Å². The lowest BCUT2D eigenvalue weighted by Crippen LogP contribution is -2.06. The van der Waals surface area contributed by atoms with Crippen molar-refractivity contribution in [1.29, 1.82) is 5.26 Å². The second-order valence-corrected chi connectivity index (χ2v) is 3.57. The van der Waals surface area contributed by atoms with E-state index in [1.54, 1.807) is 13.0 Å². The summed E-state index contributed by atoms with van der Waals surface area (Å²) in [7, 11) is 0. The van der Waals surface area contributed by atoms with Gasteiger partial charge < -0.3 is 4.74 Å². The number of benzene rings is 1. The Bertz CT molecular complexity index is 483. The maximum atomic E-state index is 12.7. The third-order valence-corrected chi connectivity index (χ3v) is 2.36. The molecule has 0 atom stereocenters. The van der Waals surface area contributed by atoms with Crippen LogP contribution in [-0.2, 0) is 4.74 Å². The number of thiol groups is 1. The van der Waals surface area contributed by atoms with Crippen LogP contribution in [0.4, 0.5) is 8.78 Å². The molecule has 1 aromatic rings. The zero-order chi connectivity index (χ0) is 13.0. The van der Waals surface area contributed by atoms with Crippen LogP contribution in [-0.4, -0.2) is 12.6 Å². The molecule has 0 heterocycles. The van der Waals surface area contributed by atoms with E-state index in [0.29, 0.717) is 0 Å². The SMILES string of the molecule is CCOC(=O)c1cc(S)c(C#N)c(C(F)F)c1. The first-order chi connectivity index (χ1) is 8.01. The van der Waals surface area contributed by atoms with Crippen molar-refractivity contribution in [2.45, 2.75) is 18.2 Å². The molecule has 0 aliphatic rings. The average molecular weight is 257 g/mol. The van der Waals surface area contributed by atoms with Gasteiger partial charge in [-0.05, 0) is 19.1 Å². The molecule has 1 aromatic carbocycles. The zero-order valence-electron chi connectivity index (χ0n) is 8.91. The Labute approximate surface area is 102 Å². The van der Waals surface area contributed by atoms with Crippen LogP contribution in [0.3, 0.4) is 0 Å². The van der Waals surface area contributed by atoms with E-state index in [1.165, 1.54) is 6.07 Å². The first kappa shape index (κ1) is 13.5. The Kier molecular flexibility index (Phi) is 4.46. The molecule has 1 rings (SSSR count). The molecule has 17 heavy (non-hydrogen) atoms. The number of esters is 1. The van der Waals surface area contributed by atoms with Crippen molar-refractivity contribution in [3.8, 4) is 6.07 Å². The van der Waals surface area contributed by atoms with Gasteiger partial charge in [-0.3, -0.25) is 0 Å². The molecule has 0 radical (unpaired) electrons. The predicted molar refractivity (Wildman–Crippen MR) is 59.3 cm³/mol. The Morgan fingerprint density at radius 2 is 2.24 bits per heavy atom. The third kappa shape index (κ3) is 2.94. The number of hydrogen-bond acceptors (Lipinski definition) is 4. The van der Waals surface area contributed by atoms with Crippen LogP contribution in [0, 0.1) is 11.3 Å². The summed E-state index contributed by atoms with van der Waals surface area (Å²) in [5, 5.41) is 8.73. The van der Waals surface area contributed by atoms with E-state index < -0.39 is 18.0 Å². The lowest BCUT2D eigenvalue weighted by molar-refractivity contribution is 0.0525. The summed E-state index contributed by atoms with van der Waals surface area (Å²) >= 11 is 3.91. The van der Waals surface area contributed by atoms with Crippen molar-refractivity contribution >= 4 is 18.6 Å². The number of nitriles is 1.